The Labute approximate surface area is 211 Å². The number of aliphatic hydroxyl groups excluding tert-OH is 1. The van der Waals surface area contributed by atoms with E-state index in [-0.39, 0.29) is 30.8 Å². The summed E-state index contributed by atoms with van der Waals surface area (Å²) < 4.78 is 83.1. The number of hydrogen-bond donors (Lipinski definition) is 1. The number of alkyl halides is 6. The van der Waals surface area contributed by atoms with Crippen LogP contribution in [0, 0.1) is 46.3 Å². The first-order valence-electron chi connectivity index (χ1n) is 14.0. The monoisotopic (exact) mass is 526 g/mol. The Kier molecular flexibility index (Phi) is 7.60. The van der Waals surface area contributed by atoms with Gasteiger partial charge in [-0.3, -0.25) is 0 Å². The van der Waals surface area contributed by atoms with E-state index < -0.39 is 24.6 Å². The van der Waals surface area contributed by atoms with Crippen LogP contribution in [0.25, 0.3) is 0 Å². The van der Waals surface area contributed by atoms with Crippen LogP contribution in [0.5, 0.6) is 0 Å². The van der Waals surface area contributed by atoms with E-state index in [0.717, 1.165) is 32.1 Å². The highest BCUT2D eigenvalue weighted by Gasteiger charge is 2.69. The quantitative estimate of drug-likeness (QED) is 0.279. The predicted octanol–water partition coefficient (Wildman–Crippen LogP) is 8.32. The number of ether oxygens (including phenoxy) is 1. The van der Waals surface area contributed by atoms with Crippen LogP contribution in [0.2, 0.25) is 0 Å². The zero-order chi connectivity index (χ0) is 26.7. The lowest BCUT2D eigenvalue weighted by atomic mass is 9.44. The molecule has 0 amide bonds. The third-order valence-electron chi connectivity index (χ3n) is 11.7. The summed E-state index contributed by atoms with van der Waals surface area (Å²) in [5, 5.41) is 10.2. The van der Waals surface area contributed by atoms with E-state index in [0.29, 0.717) is 41.4 Å². The van der Waals surface area contributed by atoms with Gasteiger partial charge in [-0.15, -0.1) is 0 Å². The zero-order valence-electron chi connectivity index (χ0n) is 22.1. The Morgan fingerprint density at radius 1 is 0.861 bits per heavy atom. The largest absolute Gasteiger partial charge is 0.426 e. The molecule has 0 spiro atoms. The summed E-state index contributed by atoms with van der Waals surface area (Å²) >= 11 is 0. The Bertz CT molecular complexity index is 767. The topological polar surface area (TPSA) is 29.5 Å². The molecule has 0 aromatic carbocycles. The van der Waals surface area contributed by atoms with Gasteiger partial charge in [-0.05, 0) is 124 Å². The number of rotatable bonds is 6. The van der Waals surface area contributed by atoms with Gasteiger partial charge in [0, 0.05) is 6.61 Å². The van der Waals surface area contributed by atoms with Gasteiger partial charge in [-0.2, -0.15) is 26.3 Å². The van der Waals surface area contributed by atoms with Crippen LogP contribution in [-0.2, 0) is 4.74 Å². The molecule has 9 atom stereocenters. The van der Waals surface area contributed by atoms with Gasteiger partial charge in [0.2, 0.25) is 0 Å². The molecule has 0 heterocycles. The summed E-state index contributed by atoms with van der Waals surface area (Å²) in [6.45, 7) is 6.52. The van der Waals surface area contributed by atoms with E-state index in [4.69, 9.17) is 0 Å². The Balaban J connectivity index is 1.36. The van der Waals surface area contributed by atoms with Crippen molar-refractivity contribution < 1.29 is 36.2 Å². The number of halogens is 6. The highest BCUT2D eigenvalue weighted by atomic mass is 19.4. The zero-order valence-corrected chi connectivity index (χ0v) is 22.1. The standard InChI is InChI=1S/C28H44F6O2/c1-17(6-5-15-36-26(4,27(29,30)31)28(32,33)34)21-9-10-22-20-8-7-18-16-19(35)11-13-24(18,2)23(20)12-14-25(21,22)3/h17-23,35H,5-16H2,1-4H3/t17-,18-,19?,20+,21-,22?,23?,24+,25-/m1/s1. The lowest BCUT2D eigenvalue weighted by molar-refractivity contribution is -0.374. The summed E-state index contributed by atoms with van der Waals surface area (Å²) in [4.78, 5) is 0. The molecule has 3 unspecified atom stereocenters. The van der Waals surface area contributed by atoms with E-state index in [2.05, 4.69) is 25.5 Å². The molecule has 4 aliphatic rings. The molecule has 4 fully saturated rings. The van der Waals surface area contributed by atoms with E-state index in [9.17, 15) is 31.4 Å². The fourth-order valence-corrected chi connectivity index (χ4v) is 9.42. The number of aliphatic hydroxyl groups is 1. The number of hydrogen-bond acceptors (Lipinski definition) is 2. The first-order valence-corrected chi connectivity index (χ1v) is 14.0. The molecule has 4 aliphatic carbocycles. The van der Waals surface area contributed by atoms with Gasteiger partial charge in [0.05, 0.1) is 6.10 Å². The molecule has 0 radical (unpaired) electrons. The molecule has 0 aliphatic heterocycles. The Morgan fingerprint density at radius 2 is 1.47 bits per heavy atom. The molecule has 0 aromatic heterocycles. The summed E-state index contributed by atoms with van der Waals surface area (Å²) in [5.41, 5.74) is -3.63. The highest BCUT2D eigenvalue weighted by Crippen LogP contribution is 2.68. The first-order chi connectivity index (χ1) is 16.5. The maximum Gasteiger partial charge on any atom is 0.426 e. The van der Waals surface area contributed by atoms with E-state index in [1.54, 1.807) is 0 Å². The van der Waals surface area contributed by atoms with Crippen LogP contribution in [0.1, 0.15) is 98.3 Å². The van der Waals surface area contributed by atoms with Crippen molar-refractivity contribution in [2.75, 3.05) is 6.61 Å². The van der Waals surface area contributed by atoms with Crippen molar-refractivity contribution in [3.63, 3.8) is 0 Å². The molecule has 0 saturated heterocycles. The average molecular weight is 527 g/mol. The third-order valence-corrected chi connectivity index (χ3v) is 11.7. The summed E-state index contributed by atoms with van der Waals surface area (Å²) in [6.07, 6.45) is -0.431. The van der Waals surface area contributed by atoms with Gasteiger partial charge in [-0.25, -0.2) is 0 Å². The second-order valence-corrected chi connectivity index (χ2v) is 13.3. The molecule has 0 aromatic rings. The van der Waals surface area contributed by atoms with Crippen molar-refractivity contribution in [2.24, 2.45) is 46.3 Å². The SMILES string of the molecule is C[C@H](CCCOC(C)(C(F)(F)F)C(F)(F)F)[C@H]1CCC2[C@@H]3CC[C@@H]4CC(O)CC[C@]4(C)C3CC[C@@]21C. The fourth-order valence-electron chi connectivity index (χ4n) is 9.42. The summed E-state index contributed by atoms with van der Waals surface area (Å²) in [7, 11) is 0. The van der Waals surface area contributed by atoms with Crippen LogP contribution in [0.3, 0.4) is 0 Å². The van der Waals surface area contributed by atoms with Crippen molar-refractivity contribution in [3.8, 4) is 0 Å². The molecule has 4 rings (SSSR count). The van der Waals surface area contributed by atoms with Gasteiger partial charge in [0.1, 0.15) is 0 Å². The van der Waals surface area contributed by atoms with Crippen LogP contribution >= 0.6 is 0 Å². The smallest absolute Gasteiger partial charge is 0.393 e. The van der Waals surface area contributed by atoms with Crippen LogP contribution in [0.15, 0.2) is 0 Å². The maximum absolute atomic E-state index is 13.1. The van der Waals surface area contributed by atoms with E-state index in [1.165, 1.54) is 25.7 Å². The molecule has 2 nitrogen and oxygen atoms in total. The summed E-state index contributed by atoms with van der Waals surface area (Å²) in [5.74, 6) is 3.33. The molecule has 1 N–H and O–H groups in total. The molecule has 0 bridgehead atoms. The summed E-state index contributed by atoms with van der Waals surface area (Å²) in [6, 6.07) is 0. The van der Waals surface area contributed by atoms with Gasteiger partial charge in [-0.1, -0.05) is 20.8 Å². The minimum Gasteiger partial charge on any atom is -0.393 e. The average Bonchev–Trinajstić information content (AvgIpc) is 3.12. The highest BCUT2D eigenvalue weighted by molar-refractivity contribution is 5.09. The van der Waals surface area contributed by atoms with Crippen LogP contribution < -0.4 is 0 Å². The van der Waals surface area contributed by atoms with Crippen molar-refractivity contribution in [1.82, 2.24) is 0 Å². The third kappa shape index (κ3) is 4.62. The Hall–Kier alpha value is -0.500. The van der Waals surface area contributed by atoms with Crippen molar-refractivity contribution in [1.29, 1.82) is 0 Å². The second-order valence-electron chi connectivity index (χ2n) is 13.3. The first kappa shape index (κ1) is 28.5. The minimum atomic E-state index is -5.51. The van der Waals surface area contributed by atoms with Gasteiger partial charge >= 0.3 is 12.4 Å². The fraction of sp³-hybridized carbons (Fsp3) is 1.00. The van der Waals surface area contributed by atoms with Crippen LogP contribution in [-0.4, -0.2) is 35.8 Å². The van der Waals surface area contributed by atoms with Crippen LogP contribution in [0.4, 0.5) is 26.3 Å². The maximum atomic E-state index is 13.1. The minimum absolute atomic E-state index is 0.0831. The Morgan fingerprint density at radius 3 is 2.11 bits per heavy atom. The normalized spacial score (nSPS) is 42.4. The molecule has 4 saturated carbocycles. The molecule has 8 heteroatoms. The van der Waals surface area contributed by atoms with E-state index >= 15 is 0 Å². The molecule has 36 heavy (non-hydrogen) atoms. The molecule has 210 valence electrons. The molecular weight excluding hydrogens is 482 g/mol. The van der Waals surface area contributed by atoms with Gasteiger partial charge in [0.25, 0.3) is 5.60 Å². The van der Waals surface area contributed by atoms with Crippen molar-refractivity contribution in [3.05, 3.63) is 0 Å². The van der Waals surface area contributed by atoms with Crippen molar-refractivity contribution in [2.45, 2.75) is 122 Å². The second kappa shape index (κ2) is 9.60. The lowest BCUT2D eigenvalue weighted by Crippen LogP contribution is -2.56. The van der Waals surface area contributed by atoms with Crippen molar-refractivity contribution >= 4 is 0 Å². The number of fused-ring (bicyclic) bond motifs is 5. The lowest BCUT2D eigenvalue weighted by Gasteiger charge is -2.61. The van der Waals surface area contributed by atoms with Gasteiger partial charge in [0.15, 0.2) is 0 Å². The van der Waals surface area contributed by atoms with Gasteiger partial charge < -0.3 is 9.84 Å². The molecular formula is C28H44F6O2. The van der Waals surface area contributed by atoms with E-state index in [1.807, 2.05) is 0 Å². The predicted molar refractivity (Wildman–Crippen MR) is 126 cm³/mol.